The zero-order chi connectivity index (χ0) is 15.2. The minimum absolute atomic E-state index is 0.307. The fourth-order valence-electron chi connectivity index (χ4n) is 1.13. The van der Waals surface area contributed by atoms with Crippen molar-refractivity contribution in [3.8, 4) is 0 Å². The first-order valence-electron chi connectivity index (χ1n) is 6.59. The molecule has 0 rings (SSSR count). The maximum Gasteiger partial charge on any atom is 0.333 e. The number of nitrogens with one attached hydrogen (secondary N) is 2. The van der Waals surface area contributed by atoms with Gasteiger partial charge in [-0.2, -0.15) is 0 Å². The Balaban J connectivity index is 3.41. The van der Waals surface area contributed by atoms with Crippen LogP contribution in [0.5, 0.6) is 0 Å². The van der Waals surface area contributed by atoms with Crippen LogP contribution in [0.2, 0.25) is 0 Å². The quantitative estimate of drug-likeness (QED) is 0.325. The Morgan fingerprint density at radius 3 is 2.50 bits per heavy atom. The topological polar surface area (TPSA) is 76.7 Å². The summed E-state index contributed by atoms with van der Waals surface area (Å²) in [5.41, 5.74) is 0.393. The normalized spacial score (nSPS) is 10.5. The highest BCUT2D eigenvalue weighted by molar-refractivity contribution is 5.86. The van der Waals surface area contributed by atoms with Gasteiger partial charge in [-0.1, -0.05) is 12.7 Å². The average molecular weight is 284 g/mol. The number of hydrogen-bond donors (Lipinski definition) is 2. The first-order valence-corrected chi connectivity index (χ1v) is 6.59. The van der Waals surface area contributed by atoms with Crippen LogP contribution in [0.25, 0.3) is 0 Å². The van der Waals surface area contributed by atoms with E-state index in [9.17, 15) is 9.59 Å². The molecule has 114 valence electrons. The molecule has 0 unspecified atom stereocenters. The largest absolute Gasteiger partial charge is 0.461 e. The molecular formula is C14H24N2O4. The molecule has 0 amide bonds. The van der Waals surface area contributed by atoms with Crippen molar-refractivity contribution >= 4 is 11.9 Å². The van der Waals surface area contributed by atoms with Gasteiger partial charge in [0.05, 0.1) is 0 Å². The lowest BCUT2D eigenvalue weighted by Gasteiger charge is -2.05. The maximum atomic E-state index is 11.2. The Bertz CT molecular complexity index is 340. The van der Waals surface area contributed by atoms with Gasteiger partial charge in [0, 0.05) is 24.7 Å². The van der Waals surface area contributed by atoms with Crippen molar-refractivity contribution in [1.82, 2.24) is 10.6 Å². The van der Waals surface area contributed by atoms with Crippen molar-refractivity contribution < 1.29 is 19.1 Å². The molecule has 6 nitrogen and oxygen atoms in total. The number of hydrogen-bond acceptors (Lipinski definition) is 6. The molecule has 0 aliphatic rings. The first-order chi connectivity index (χ1) is 9.57. The van der Waals surface area contributed by atoms with Gasteiger partial charge in [0.15, 0.2) is 0 Å². The van der Waals surface area contributed by atoms with E-state index in [4.69, 9.17) is 9.47 Å². The van der Waals surface area contributed by atoms with Gasteiger partial charge < -0.3 is 20.1 Å². The second kappa shape index (κ2) is 12.4. The molecular weight excluding hydrogens is 260 g/mol. The molecule has 0 aromatic carbocycles. The summed E-state index contributed by atoms with van der Waals surface area (Å²) in [6, 6.07) is 0. The predicted molar refractivity (Wildman–Crippen MR) is 77.3 cm³/mol. The highest BCUT2D eigenvalue weighted by atomic mass is 16.5. The Hall–Kier alpha value is -1.66. The lowest BCUT2D eigenvalue weighted by atomic mass is 10.3. The molecule has 0 fully saturated rings. The Kier molecular flexibility index (Phi) is 11.4. The molecule has 0 radical (unpaired) electrons. The lowest BCUT2D eigenvalue weighted by molar-refractivity contribution is -0.139. The van der Waals surface area contributed by atoms with Gasteiger partial charge in [0.25, 0.3) is 0 Å². The molecule has 6 heteroatoms. The molecule has 0 aromatic heterocycles. The molecule has 0 saturated carbocycles. The van der Waals surface area contributed by atoms with Gasteiger partial charge in [-0.15, -0.1) is 0 Å². The number of rotatable bonds is 11. The molecule has 2 N–H and O–H groups in total. The van der Waals surface area contributed by atoms with Crippen LogP contribution >= 0.6 is 0 Å². The molecule has 0 spiro atoms. The fourth-order valence-corrected chi connectivity index (χ4v) is 1.13. The van der Waals surface area contributed by atoms with E-state index in [2.05, 4.69) is 17.2 Å². The van der Waals surface area contributed by atoms with E-state index in [1.807, 2.05) is 0 Å². The zero-order valence-corrected chi connectivity index (χ0v) is 12.2. The average Bonchev–Trinajstić information content (AvgIpc) is 2.41. The number of carbonyl (C=O) groups is 2. The smallest absolute Gasteiger partial charge is 0.333 e. The van der Waals surface area contributed by atoms with E-state index < -0.39 is 0 Å². The zero-order valence-electron chi connectivity index (χ0n) is 12.2. The lowest BCUT2D eigenvalue weighted by Crippen LogP contribution is -2.22. The molecule has 0 aliphatic carbocycles. The monoisotopic (exact) mass is 284 g/mol. The van der Waals surface area contributed by atoms with Crippen LogP contribution in [0.15, 0.2) is 24.3 Å². The van der Waals surface area contributed by atoms with Gasteiger partial charge in [0.2, 0.25) is 0 Å². The summed E-state index contributed by atoms with van der Waals surface area (Å²) in [5, 5.41) is 5.97. The second-order valence-corrected chi connectivity index (χ2v) is 4.13. The van der Waals surface area contributed by atoms with Crippen molar-refractivity contribution in [2.75, 3.05) is 39.9 Å². The van der Waals surface area contributed by atoms with Crippen molar-refractivity contribution in [2.45, 2.75) is 13.3 Å². The highest BCUT2D eigenvalue weighted by Crippen LogP contribution is 1.90. The van der Waals surface area contributed by atoms with Crippen LogP contribution in [-0.4, -0.2) is 51.8 Å². The van der Waals surface area contributed by atoms with Crippen LogP contribution in [-0.2, 0) is 19.1 Å². The van der Waals surface area contributed by atoms with E-state index in [-0.39, 0.29) is 11.9 Å². The predicted octanol–water partition coefficient (Wildman–Crippen LogP) is 0.404. The van der Waals surface area contributed by atoms with Gasteiger partial charge in [-0.05, 0) is 26.9 Å². The highest BCUT2D eigenvalue weighted by Gasteiger charge is 2.01. The van der Waals surface area contributed by atoms with Crippen molar-refractivity contribution in [1.29, 1.82) is 0 Å². The van der Waals surface area contributed by atoms with Crippen molar-refractivity contribution in [3.63, 3.8) is 0 Å². The molecule has 20 heavy (non-hydrogen) atoms. The molecule has 0 saturated heterocycles. The molecule has 0 aliphatic heterocycles. The van der Waals surface area contributed by atoms with E-state index in [0.717, 1.165) is 0 Å². The Labute approximate surface area is 120 Å². The summed E-state index contributed by atoms with van der Waals surface area (Å²) >= 11 is 0. The van der Waals surface area contributed by atoms with Gasteiger partial charge in [-0.25, -0.2) is 9.59 Å². The summed E-state index contributed by atoms with van der Waals surface area (Å²) in [6.45, 7) is 7.68. The minimum atomic E-state index is -0.379. The molecule has 0 heterocycles. The third-order valence-corrected chi connectivity index (χ3v) is 2.20. The third kappa shape index (κ3) is 11.4. The summed E-state index contributed by atoms with van der Waals surface area (Å²) in [5.74, 6) is -0.716. The number of likely N-dealkylation sites (N-methyl/N-ethyl adjacent to an activating group) is 1. The summed E-state index contributed by atoms with van der Waals surface area (Å²) < 4.78 is 9.81. The second-order valence-electron chi connectivity index (χ2n) is 4.13. The third-order valence-electron chi connectivity index (χ3n) is 2.20. The van der Waals surface area contributed by atoms with E-state index in [0.29, 0.717) is 44.8 Å². The van der Waals surface area contributed by atoms with Crippen molar-refractivity contribution in [3.05, 3.63) is 24.3 Å². The van der Waals surface area contributed by atoms with Crippen LogP contribution < -0.4 is 10.6 Å². The molecule has 0 atom stereocenters. The molecule has 0 aromatic rings. The van der Waals surface area contributed by atoms with E-state index in [1.54, 1.807) is 20.0 Å². The van der Waals surface area contributed by atoms with E-state index >= 15 is 0 Å². The first kappa shape index (κ1) is 18.3. The van der Waals surface area contributed by atoms with Crippen LogP contribution in [0, 0.1) is 0 Å². The van der Waals surface area contributed by atoms with Crippen LogP contribution in [0.1, 0.15) is 13.3 Å². The summed E-state index contributed by atoms with van der Waals surface area (Å²) in [4.78, 5) is 22.2. The summed E-state index contributed by atoms with van der Waals surface area (Å²) in [6.07, 6.45) is 3.86. The number of carbonyl (C=O) groups excluding carboxylic acids is 2. The van der Waals surface area contributed by atoms with Gasteiger partial charge in [0.1, 0.15) is 13.2 Å². The number of ether oxygens (including phenoxy) is 2. The van der Waals surface area contributed by atoms with Crippen LogP contribution in [0.3, 0.4) is 0 Å². The SMILES string of the molecule is C=C(C)C(=O)OCCNCC/C=C\C(=O)OCCNC. The minimum Gasteiger partial charge on any atom is -0.461 e. The fraction of sp³-hybridized carbons (Fsp3) is 0.571. The van der Waals surface area contributed by atoms with Gasteiger partial charge in [-0.3, -0.25) is 0 Å². The Morgan fingerprint density at radius 1 is 1.15 bits per heavy atom. The van der Waals surface area contributed by atoms with Crippen LogP contribution in [0.4, 0.5) is 0 Å². The van der Waals surface area contributed by atoms with E-state index in [1.165, 1.54) is 6.08 Å². The number of esters is 2. The molecule has 0 bridgehead atoms. The van der Waals surface area contributed by atoms with Crippen molar-refractivity contribution in [2.24, 2.45) is 0 Å². The maximum absolute atomic E-state index is 11.2. The Morgan fingerprint density at radius 2 is 1.85 bits per heavy atom. The van der Waals surface area contributed by atoms with Gasteiger partial charge >= 0.3 is 11.9 Å². The summed E-state index contributed by atoms with van der Waals surface area (Å²) in [7, 11) is 1.79. The standard InChI is InChI=1S/C14H24N2O4/c1-12(2)14(18)20-11-9-16-7-5-4-6-13(17)19-10-8-15-3/h4,6,15-16H,1,5,7-11H2,2-3H3/b6-4-.